The summed E-state index contributed by atoms with van der Waals surface area (Å²) in [6.45, 7) is -0.144. The van der Waals surface area contributed by atoms with Crippen LogP contribution in [0.15, 0.2) is 36.5 Å². The third-order valence-corrected chi connectivity index (χ3v) is 2.39. The van der Waals surface area contributed by atoms with Crippen LogP contribution in [0.25, 0.3) is 11.3 Å². The maximum absolute atomic E-state index is 10.7. The second kappa shape index (κ2) is 4.69. The summed E-state index contributed by atoms with van der Waals surface area (Å²) in [5.41, 5.74) is 1.68. The molecule has 88 valence electrons. The van der Waals surface area contributed by atoms with Crippen molar-refractivity contribution in [3.8, 4) is 17.0 Å². The van der Waals surface area contributed by atoms with Crippen molar-refractivity contribution in [3.63, 3.8) is 0 Å². The minimum absolute atomic E-state index is 0.144. The summed E-state index contributed by atoms with van der Waals surface area (Å²) in [5, 5.41) is 12.7. The van der Waals surface area contributed by atoms with Crippen molar-refractivity contribution < 1.29 is 14.6 Å². The van der Waals surface area contributed by atoms with Crippen molar-refractivity contribution in [1.29, 1.82) is 0 Å². The summed E-state index contributed by atoms with van der Waals surface area (Å²) in [6.07, 6.45) is 1.59. The van der Waals surface area contributed by atoms with Gasteiger partial charge in [-0.2, -0.15) is 5.10 Å². The van der Waals surface area contributed by atoms with E-state index in [1.165, 1.54) is 4.68 Å². The molecule has 0 saturated carbocycles. The summed E-state index contributed by atoms with van der Waals surface area (Å²) in [4.78, 5) is 10.7. The number of aliphatic carboxylic acids is 1. The Morgan fingerprint density at radius 2 is 2.06 bits per heavy atom. The van der Waals surface area contributed by atoms with Gasteiger partial charge in [-0.05, 0) is 30.3 Å². The van der Waals surface area contributed by atoms with Gasteiger partial charge < -0.3 is 9.84 Å². The molecule has 0 saturated heterocycles. The lowest BCUT2D eigenvalue weighted by atomic mass is 10.1. The number of carbonyl (C=O) groups is 1. The second-order valence-corrected chi connectivity index (χ2v) is 3.50. The third-order valence-electron chi connectivity index (χ3n) is 2.39. The molecule has 0 aliphatic heterocycles. The number of hydrogen-bond acceptors (Lipinski definition) is 3. The van der Waals surface area contributed by atoms with E-state index in [9.17, 15) is 4.79 Å². The predicted octanol–water partition coefficient (Wildman–Crippen LogP) is 1.64. The summed E-state index contributed by atoms with van der Waals surface area (Å²) >= 11 is 0. The first-order valence-corrected chi connectivity index (χ1v) is 5.09. The molecule has 0 aliphatic rings. The fraction of sp³-hybridized carbons (Fsp3) is 0.167. The molecule has 0 bridgehead atoms. The summed E-state index contributed by atoms with van der Waals surface area (Å²) < 4.78 is 6.51. The molecule has 2 rings (SSSR count). The number of benzene rings is 1. The summed E-state index contributed by atoms with van der Waals surface area (Å²) in [5.74, 6) is -0.151. The van der Waals surface area contributed by atoms with E-state index in [0.29, 0.717) is 0 Å². The van der Waals surface area contributed by atoms with Crippen molar-refractivity contribution in [2.45, 2.75) is 6.54 Å². The van der Waals surface area contributed by atoms with Crippen LogP contribution in [0.2, 0.25) is 0 Å². The van der Waals surface area contributed by atoms with E-state index in [4.69, 9.17) is 9.84 Å². The predicted molar refractivity (Wildman–Crippen MR) is 61.9 cm³/mol. The number of ether oxygens (including phenoxy) is 1. The zero-order valence-electron chi connectivity index (χ0n) is 9.33. The van der Waals surface area contributed by atoms with E-state index in [2.05, 4.69) is 5.10 Å². The molecule has 1 N–H and O–H groups in total. The van der Waals surface area contributed by atoms with Gasteiger partial charge in [-0.25, -0.2) is 0 Å². The quantitative estimate of drug-likeness (QED) is 0.870. The van der Waals surface area contributed by atoms with Crippen LogP contribution in [0.3, 0.4) is 0 Å². The van der Waals surface area contributed by atoms with E-state index in [1.807, 2.05) is 24.3 Å². The average molecular weight is 232 g/mol. The van der Waals surface area contributed by atoms with Crippen molar-refractivity contribution in [2.75, 3.05) is 7.11 Å². The number of carboxylic acid groups (broad SMARTS) is 1. The zero-order chi connectivity index (χ0) is 12.3. The largest absolute Gasteiger partial charge is 0.497 e. The first kappa shape index (κ1) is 11.2. The minimum Gasteiger partial charge on any atom is -0.497 e. The van der Waals surface area contributed by atoms with Crippen LogP contribution in [-0.4, -0.2) is 28.0 Å². The smallest absolute Gasteiger partial charge is 0.325 e. The van der Waals surface area contributed by atoms with Gasteiger partial charge in [-0.15, -0.1) is 0 Å². The van der Waals surface area contributed by atoms with E-state index >= 15 is 0 Å². The summed E-state index contributed by atoms with van der Waals surface area (Å²) in [7, 11) is 1.60. The van der Waals surface area contributed by atoms with Crippen LogP contribution in [0.1, 0.15) is 0 Å². The van der Waals surface area contributed by atoms with E-state index < -0.39 is 5.97 Å². The second-order valence-electron chi connectivity index (χ2n) is 3.50. The number of carboxylic acids is 1. The van der Waals surface area contributed by atoms with Crippen molar-refractivity contribution >= 4 is 5.97 Å². The average Bonchev–Trinajstić information content (AvgIpc) is 2.76. The highest BCUT2D eigenvalue weighted by atomic mass is 16.5. The Kier molecular flexibility index (Phi) is 3.09. The first-order valence-electron chi connectivity index (χ1n) is 5.09. The molecule has 5 nitrogen and oxygen atoms in total. The van der Waals surface area contributed by atoms with Gasteiger partial charge in [0.05, 0.1) is 12.8 Å². The van der Waals surface area contributed by atoms with Crippen LogP contribution in [0.5, 0.6) is 5.75 Å². The number of hydrogen-bond donors (Lipinski definition) is 1. The van der Waals surface area contributed by atoms with Crippen molar-refractivity contribution in [1.82, 2.24) is 9.78 Å². The Balaban J connectivity index is 2.32. The Hall–Kier alpha value is -2.30. The number of methoxy groups -OCH3 is 1. The van der Waals surface area contributed by atoms with Crippen molar-refractivity contribution in [3.05, 3.63) is 36.5 Å². The molecule has 0 fully saturated rings. The Labute approximate surface area is 98.3 Å². The van der Waals surface area contributed by atoms with Gasteiger partial charge in [0.1, 0.15) is 12.3 Å². The molecule has 0 aliphatic carbocycles. The SMILES string of the molecule is COc1ccc(-c2ccnn2CC(=O)O)cc1. The molecule has 5 heteroatoms. The molecule has 1 heterocycles. The minimum atomic E-state index is -0.913. The number of rotatable bonds is 4. The van der Waals surface area contributed by atoms with Gasteiger partial charge >= 0.3 is 5.97 Å². The standard InChI is InChI=1S/C12H12N2O3/c1-17-10-4-2-9(3-5-10)11-6-7-13-14(11)8-12(15)16/h2-7H,8H2,1H3,(H,15,16). The Morgan fingerprint density at radius 1 is 1.35 bits per heavy atom. The number of aromatic nitrogens is 2. The fourth-order valence-electron chi connectivity index (χ4n) is 1.59. The Bertz CT molecular complexity index is 517. The molecule has 2 aromatic rings. The molecular weight excluding hydrogens is 220 g/mol. The lowest BCUT2D eigenvalue weighted by molar-refractivity contribution is -0.137. The lowest BCUT2D eigenvalue weighted by Crippen LogP contribution is -2.11. The maximum Gasteiger partial charge on any atom is 0.325 e. The molecule has 17 heavy (non-hydrogen) atoms. The van der Waals surface area contributed by atoms with Gasteiger partial charge in [-0.1, -0.05) is 0 Å². The Morgan fingerprint density at radius 3 is 2.65 bits per heavy atom. The van der Waals surface area contributed by atoms with Gasteiger partial charge in [0.2, 0.25) is 0 Å². The molecule has 0 spiro atoms. The fourth-order valence-corrected chi connectivity index (χ4v) is 1.59. The molecular formula is C12H12N2O3. The van der Waals surface area contributed by atoms with Crippen molar-refractivity contribution in [2.24, 2.45) is 0 Å². The normalized spacial score (nSPS) is 10.2. The highest BCUT2D eigenvalue weighted by molar-refractivity contribution is 5.68. The zero-order valence-corrected chi connectivity index (χ0v) is 9.33. The monoisotopic (exact) mass is 232 g/mol. The lowest BCUT2D eigenvalue weighted by Gasteiger charge is -2.06. The van der Waals surface area contributed by atoms with E-state index in [1.54, 1.807) is 19.4 Å². The van der Waals surface area contributed by atoms with Crippen LogP contribution >= 0.6 is 0 Å². The third kappa shape index (κ3) is 2.44. The van der Waals surface area contributed by atoms with Crippen LogP contribution in [-0.2, 0) is 11.3 Å². The molecule has 1 aromatic heterocycles. The molecule has 1 aromatic carbocycles. The topological polar surface area (TPSA) is 64.4 Å². The van der Waals surface area contributed by atoms with Gasteiger partial charge in [0.15, 0.2) is 0 Å². The highest BCUT2D eigenvalue weighted by Gasteiger charge is 2.08. The van der Waals surface area contributed by atoms with Gasteiger partial charge in [-0.3, -0.25) is 9.48 Å². The van der Waals surface area contributed by atoms with Gasteiger partial charge in [0.25, 0.3) is 0 Å². The summed E-state index contributed by atoms with van der Waals surface area (Å²) in [6, 6.07) is 9.17. The van der Waals surface area contributed by atoms with Crippen LogP contribution < -0.4 is 4.74 Å². The van der Waals surface area contributed by atoms with E-state index in [0.717, 1.165) is 17.0 Å². The van der Waals surface area contributed by atoms with Crippen LogP contribution in [0, 0.1) is 0 Å². The molecule has 0 atom stereocenters. The highest BCUT2D eigenvalue weighted by Crippen LogP contribution is 2.21. The molecule has 0 radical (unpaired) electrons. The maximum atomic E-state index is 10.7. The number of nitrogens with zero attached hydrogens (tertiary/aromatic N) is 2. The first-order chi connectivity index (χ1) is 8.20. The molecule has 0 amide bonds. The molecule has 0 unspecified atom stereocenters. The van der Waals surface area contributed by atoms with E-state index in [-0.39, 0.29) is 6.54 Å². The van der Waals surface area contributed by atoms with Gasteiger partial charge in [0, 0.05) is 11.8 Å². The van der Waals surface area contributed by atoms with Crippen LogP contribution in [0.4, 0.5) is 0 Å².